The number of methoxy groups -OCH3 is 1. The van der Waals surface area contributed by atoms with Crippen LogP contribution in [0.15, 0.2) is 53.1 Å². The lowest BCUT2D eigenvalue weighted by molar-refractivity contribution is -0.114. The Kier molecular flexibility index (Phi) is 5.28. The van der Waals surface area contributed by atoms with Gasteiger partial charge in [-0.2, -0.15) is 10.1 Å². The summed E-state index contributed by atoms with van der Waals surface area (Å²) in [6.07, 6.45) is 1.76. The fourth-order valence-electron chi connectivity index (χ4n) is 2.70. The molecule has 0 aromatic heterocycles. The summed E-state index contributed by atoms with van der Waals surface area (Å²) in [5, 5.41) is 6.20. The molecule has 2 aromatic rings. The van der Waals surface area contributed by atoms with Crippen molar-refractivity contribution in [2.24, 2.45) is 5.10 Å². The highest BCUT2D eigenvalue weighted by Crippen LogP contribution is 2.37. The summed E-state index contributed by atoms with van der Waals surface area (Å²) < 4.78 is 10.9. The molecule has 26 heavy (non-hydrogen) atoms. The first-order valence-electron chi connectivity index (χ1n) is 8.22. The number of nitrogens with zero attached hydrogens (tertiary/aromatic N) is 2. The number of halogens is 1. The Balaban J connectivity index is 1.97. The third-order valence-electron chi connectivity index (χ3n) is 3.91. The van der Waals surface area contributed by atoms with Crippen molar-refractivity contribution in [1.29, 1.82) is 0 Å². The lowest BCUT2D eigenvalue weighted by Gasteiger charge is -2.13. The molecule has 0 radical (unpaired) electrons. The monoisotopic (exact) mass is 370 g/mol. The Labute approximate surface area is 157 Å². The number of para-hydroxylation sites is 1. The van der Waals surface area contributed by atoms with Gasteiger partial charge in [-0.25, -0.2) is 0 Å². The molecule has 0 fully saturated rings. The van der Waals surface area contributed by atoms with Crippen LogP contribution in [0.5, 0.6) is 11.5 Å². The third-order valence-corrected chi connectivity index (χ3v) is 4.20. The molecule has 1 aliphatic rings. The van der Waals surface area contributed by atoms with Gasteiger partial charge < -0.3 is 9.47 Å². The smallest absolute Gasteiger partial charge is 0.280 e. The van der Waals surface area contributed by atoms with Crippen molar-refractivity contribution in [2.75, 3.05) is 18.7 Å². The number of hydrogen-bond acceptors (Lipinski definition) is 4. The fraction of sp³-hybridized carbons (Fsp3) is 0.200. The number of carbonyl (C=O) groups is 1. The van der Waals surface area contributed by atoms with Crippen LogP contribution in [0, 0.1) is 0 Å². The van der Waals surface area contributed by atoms with E-state index in [1.807, 2.05) is 37.3 Å². The SMILES string of the molecule is CCOc1c(Cl)cc(/C=C2\C(=O)N(c3ccccc3)N=C2C)cc1OC. The standard InChI is InChI=1S/C20H19ClN2O3/c1-4-26-19-17(21)11-14(12-18(19)25-3)10-16-13(2)22-23(20(16)24)15-8-6-5-7-9-15/h5-12H,4H2,1-3H3/b16-10-. The van der Waals surface area contributed by atoms with Crippen LogP contribution in [0.25, 0.3) is 6.08 Å². The third kappa shape index (κ3) is 3.44. The summed E-state index contributed by atoms with van der Waals surface area (Å²) in [7, 11) is 1.55. The highest BCUT2D eigenvalue weighted by atomic mass is 35.5. The van der Waals surface area contributed by atoms with Crippen LogP contribution in [0.4, 0.5) is 5.69 Å². The molecule has 134 valence electrons. The Hall–Kier alpha value is -2.79. The second-order valence-corrected chi connectivity index (χ2v) is 6.07. The maximum absolute atomic E-state index is 12.8. The molecule has 0 bridgehead atoms. The molecular weight excluding hydrogens is 352 g/mol. The van der Waals surface area contributed by atoms with E-state index < -0.39 is 0 Å². The van der Waals surface area contributed by atoms with Gasteiger partial charge in [0.15, 0.2) is 11.5 Å². The van der Waals surface area contributed by atoms with Crippen molar-refractivity contribution >= 4 is 35.0 Å². The Morgan fingerprint density at radius 3 is 2.62 bits per heavy atom. The summed E-state index contributed by atoms with van der Waals surface area (Å²) in [5.41, 5.74) is 2.62. The van der Waals surface area contributed by atoms with Gasteiger partial charge in [0.25, 0.3) is 5.91 Å². The molecule has 3 rings (SSSR count). The van der Waals surface area contributed by atoms with E-state index in [2.05, 4.69) is 5.10 Å². The topological polar surface area (TPSA) is 51.1 Å². The van der Waals surface area contributed by atoms with E-state index in [9.17, 15) is 4.79 Å². The van der Waals surface area contributed by atoms with Gasteiger partial charge >= 0.3 is 0 Å². The molecule has 5 nitrogen and oxygen atoms in total. The Bertz CT molecular complexity index is 891. The molecule has 6 heteroatoms. The average molecular weight is 371 g/mol. The van der Waals surface area contributed by atoms with Crippen molar-refractivity contribution in [3.05, 3.63) is 58.6 Å². The van der Waals surface area contributed by atoms with Gasteiger partial charge in [0.1, 0.15) is 0 Å². The van der Waals surface area contributed by atoms with Crippen LogP contribution in [0.2, 0.25) is 5.02 Å². The predicted molar refractivity (Wildman–Crippen MR) is 104 cm³/mol. The second-order valence-electron chi connectivity index (χ2n) is 5.66. The minimum Gasteiger partial charge on any atom is -0.493 e. The maximum Gasteiger partial charge on any atom is 0.280 e. The number of carbonyl (C=O) groups excluding carboxylic acids is 1. The highest BCUT2D eigenvalue weighted by Gasteiger charge is 2.28. The number of amides is 1. The zero-order valence-corrected chi connectivity index (χ0v) is 15.6. The van der Waals surface area contributed by atoms with Crippen LogP contribution in [0.3, 0.4) is 0 Å². The molecule has 1 heterocycles. The van der Waals surface area contributed by atoms with Crippen LogP contribution in [-0.4, -0.2) is 25.3 Å². The van der Waals surface area contributed by atoms with E-state index in [0.29, 0.717) is 34.4 Å². The minimum atomic E-state index is -0.183. The first kappa shape index (κ1) is 18.0. The van der Waals surface area contributed by atoms with Gasteiger partial charge in [0.05, 0.1) is 35.7 Å². The lowest BCUT2D eigenvalue weighted by Crippen LogP contribution is -2.21. The van der Waals surface area contributed by atoms with Crippen molar-refractivity contribution in [1.82, 2.24) is 0 Å². The zero-order valence-electron chi connectivity index (χ0n) is 14.8. The van der Waals surface area contributed by atoms with Gasteiger partial charge in [-0.15, -0.1) is 0 Å². The van der Waals surface area contributed by atoms with E-state index in [0.717, 1.165) is 11.3 Å². The molecular formula is C20H19ClN2O3. The molecule has 0 aliphatic carbocycles. The van der Waals surface area contributed by atoms with E-state index in [-0.39, 0.29) is 5.91 Å². The van der Waals surface area contributed by atoms with Crippen molar-refractivity contribution in [2.45, 2.75) is 13.8 Å². The quantitative estimate of drug-likeness (QED) is 0.725. The molecule has 1 aliphatic heterocycles. The molecule has 0 spiro atoms. The number of benzene rings is 2. The fourth-order valence-corrected chi connectivity index (χ4v) is 2.98. The summed E-state index contributed by atoms with van der Waals surface area (Å²) in [5.74, 6) is 0.830. The van der Waals surface area contributed by atoms with Gasteiger partial charge in [-0.3, -0.25) is 4.79 Å². The molecule has 0 saturated carbocycles. The second kappa shape index (κ2) is 7.62. The molecule has 0 N–H and O–H groups in total. The van der Waals surface area contributed by atoms with Crippen molar-refractivity contribution in [3.63, 3.8) is 0 Å². The number of rotatable bonds is 5. The number of anilines is 1. The summed E-state index contributed by atoms with van der Waals surface area (Å²) in [6, 6.07) is 12.8. The first-order chi connectivity index (χ1) is 12.5. The zero-order chi connectivity index (χ0) is 18.7. The minimum absolute atomic E-state index is 0.183. The van der Waals surface area contributed by atoms with E-state index in [1.54, 1.807) is 32.2 Å². The summed E-state index contributed by atoms with van der Waals surface area (Å²) in [6.45, 7) is 4.16. The molecule has 1 amide bonds. The van der Waals surface area contributed by atoms with Crippen molar-refractivity contribution in [3.8, 4) is 11.5 Å². The van der Waals surface area contributed by atoms with Gasteiger partial charge in [-0.1, -0.05) is 29.8 Å². The number of hydrogen-bond donors (Lipinski definition) is 0. The van der Waals surface area contributed by atoms with E-state index in [4.69, 9.17) is 21.1 Å². The van der Waals surface area contributed by atoms with Crippen molar-refractivity contribution < 1.29 is 14.3 Å². The number of hydrazone groups is 1. The Morgan fingerprint density at radius 1 is 1.23 bits per heavy atom. The first-order valence-corrected chi connectivity index (χ1v) is 8.60. The predicted octanol–water partition coefficient (Wildman–Crippen LogP) is 4.55. The molecule has 0 saturated heterocycles. The van der Waals surface area contributed by atoms with Crippen LogP contribution in [0.1, 0.15) is 19.4 Å². The van der Waals surface area contributed by atoms with Gasteiger partial charge in [0.2, 0.25) is 0 Å². The van der Waals surface area contributed by atoms with E-state index in [1.165, 1.54) is 5.01 Å². The van der Waals surface area contributed by atoms with E-state index >= 15 is 0 Å². The highest BCUT2D eigenvalue weighted by molar-refractivity contribution is 6.33. The van der Waals surface area contributed by atoms with Crippen LogP contribution in [-0.2, 0) is 4.79 Å². The lowest BCUT2D eigenvalue weighted by atomic mass is 10.1. The van der Waals surface area contributed by atoms with Crippen LogP contribution < -0.4 is 14.5 Å². The Morgan fingerprint density at radius 2 is 1.96 bits per heavy atom. The number of ether oxygens (including phenoxy) is 2. The summed E-state index contributed by atoms with van der Waals surface area (Å²) >= 11 is 6.32. The normalized spacial score (nSPS) is 15.4. The average Bonchev–Trinajstić information content (AvgIpc) is 2.92. The molecule has 0 unspecified atom stereocenters. The largest absolute Gasteiger partial charge is 0.493 e. The van der Waals surface area contributed by atoms with Gasteiger partial charge in [-0.05, 0) is 49.8 Å². The molecule has 2 aromatic carbocycles. The summed E-state index contributed by atoms with van der Waals surface area (Å²) in [4.78, 5) is 12.8. The van der Waals surface area contributed by atoms with Crippen LogP contribution >= 0.6 is 11.6 Å². The molecule has 0 atom stereocenters. The van der Waals surface area contributed by atoms with Gasteiger partial charge in [0, 0.05) is 0 Å². The maximum atomic E-state index is 12.8.